The van der Waals surface area contributed by atoms with Crippen molar-refractivity contribution in [2.45, 2.75) is 49.9 Å². The highest BCUT2D eigenvalue weighted by atomic mass is 19.1. The maximum atomic E-state index is 16.8. The number of alkyl halides is 1. The number of terminal acetylenes is 1. The lowest BCUT2D eigenvalue weighted by Crippen LogP contribution is -2.43. The summed E-state index contributed by atoms with van der Waals surface area (Å²) in [6, 6.07) is 8.43. The number of aliphatic hydroxyl groups is 1. The second kappa shape index (κ2) is 10.2. The molecule has 4 fully saturated rings. The van der Waals surface area contributed by atoms with E-state index in [0.717, 1.165) is 32.2 Å². The van der Waals surface area contributed by atoms with Gasteiger partial charge in [-0.05, 0) is 61.7 Å². The van der Waals surface area contributed by atoms with Crippen molar-refractivity contribution in [1.82, 2.24) is 19.9 Å². The van der Waals surface area contributed by atoms with Crippen molar-refractivity contribution in [3.8, 4) is 35.4 Å². The normalized spacial score (nSPS) is 28.1. The van der Waals surface area contributed by atoms with Crippen LogP contribution in [0, 0.1) is 30.0 Å². The zero-order valence-electron chi connectivity index (χ0n) is 24.2. The van der Waals surface area contributed by atoms with Gasteiger partial charge in [0.15, 0.2) is 5.82 Å². The zero-order chi connectivity index (χ0) is 30.2. The molecule has 2 bridgehead atoms. The van der Waals surface area contributed by atoms with Gasteiger partial charge in [-0.15, -0.1) is 6.42 Å². The quantitative estimate of drug-likeness (QED) is 0.316. The highest BCUT2D eigenvalue weighted by Crippen LogP contribution is 2.43. The molecule has 5 heterocycles. The number of nitrogens with zero attached hydrogens (tertiary/aromatic N) is 5. The Morgan fingerprint density at radius 2 is 2.05 bits per heavy atom. The number of phenols is 1. The molecule has 0 unspecified atom stereocenters. The second-order valence-electron chi connectivity index (χ2n) is 13.0. The van der Waals surface area contributed by atoms with E-state index in [1.807, 2.05) is 0 Å². The number of anilines is 1. The molecule has 2 N–H and O–H groups in total. The Morgan fingerprint density at radius 1 is 1.16 bits per heavy atom. The van der Waals surface area contributed by atoms with E-state index in [2.05, 4.69) is 25.7 Å². The number of phenolic OH excluding ortho intramolecular Hbond substituents is 1. The summed E-state index contributed by atoms with van der Waals surface area (Å²) in [7, 11) is 0. The first-order valence-electron chi connectivity index (χ1n) is 15.4. The van der Waals surface area contributed by atoms with Crippen LogP contribution in [0.1, 0.15) is 37.7 Å². The minimum Gasteiger partial charge on any atom is -0.508 e. The van der Waals surface area contributed by atoms with Crippen LogP contribution in [0.3, 0.4) is 0 Å². The molecule has 5 atom stereocenters. The predicted octanol–water partition coefficient (Wildman–Crippen LogP) is 4.83. The number of pyridine rings is 1. The van der Waals surface area contributed by atoms with E-state index < -0.39 is 17.5 Å². The SMILES string of the molecule is C#Cc1cccc2cc(O)cc(-c3ncc4c(N5C[C@@H]6C[C@H](C5)[C@H](O)C6)nc(OC[C@@]56CCCN5C[C@H](F)C6)nc4c3F)c12. The first kappa shape index (κ1) is 27.5. The zero-order valence-corrected chi connectivity index (χ0v) is 24.2. The Kier molecular flexibility index (Phi) is 6.40. The number of aromatic nitrogens is 3. The summed E-state index contributed by atoms with van der Waals surface area (Å²) < 4.78 is 37.4. The van der Waals surface area contributed by atoms with E-state index in [1.54, 1.807) is 30.5 Å². The van der Waals surface area contributed by atoms with Gasteiger partial charge in [0.2, 0.25) is 0 Å². The van der Waals surface area contributed by atoms with Crippen molar-refractivity contribution >= 4 is 27.5 Å². The van der Waals surface area contributed by atoms with Crippen molar-refractivity contribution in [2.75, 3.05) is 37.7 Å². The number of hydrogen-bond donors (Lipinski definition) is 2. The van der Waals surface area contributed by atoms with Crippen LogP contribution in [0.25, 0.3) is 32.9 Å². The first-order chi connectivity index (χ1) is 21.3. The number of halogens is 2. The first-order valence-corrected chi connectivity index (χ1v) is 15.4. The number of fused-ring (bicyclic) bond motifs is 5. The van der Waals surface area contributed by atoms with Crippen molar-refractivity contribution < 1.29 is 23.7 Å². The second-order valence-corrected chi connectivity index (χ2v) is 13.0. The van der Waals surface area contributed by atoms with Crippen molar-refractivity contribution in [2.24, 2.45) is 11.8 Å². The van der Waals surface area contributed by atoms with Crippen LogP contribution in [0.5, 0.6) is 11.8 Å². The molecule has 8 nitrogen and oxygen atoms in total. The van der Waals surface area contributed by atoms with E-state index >= 15 is 4.39 Å². The summed E-state index contributed by atoms with van der Waals surface area (Å²) in [6.07, 6.45) is 9.97. The molecule has 226 valence electrons. The molecule has 4 aliphatic rings. The summed E-state index contributed by atoms with van der Waals surface area (Å²) in [4.78, 5) is 18.2. The molecule has 8 rings (SSSR count). The van der Waals surface area contributed by atoms with Crippen LogP contribution in [0.2, 0.25) is 0 Å². The van der Waals surface area contributed by atoms with Crippen LogP contribution >= 0.6 is 0 Å². The van der Waals surface area contributed by atoms with Gasteiger partial charge in [0.1, 0.15) is 35.6 Å². The van der Waals surface area contributed by atoms with Gasteiger partial charge in [0, 0.05) is 54.7 Å². The van der Waals surface area contributed by atoms with Gasteiger partial charge in [-0.25, -0.2) is 8.78 Å². The number of piperidine rings is 1. The molecule has 3 aliphatic heterocycles. The summed E-state index contributed by atoms with van der Waals surface area (Å²) >= 11 is 0. The summed E-state index contributed by atoms with van der Waals surface area (Å²) in [5.74, 6) is 2.86. The van der Waals surface area contributed by atoms with Gasteiger partial charge < -0.3 is 19.8 Å². The Labute approximate surface area is 253 Å². The molecule has 2 aromatic carbocycles. The average Bonchev–Trinajstić information content (AvgIpc) is 3.63. The number of aliphatic hydroxyl groups excluding tert-OH is 1. The van der Waals surface area contributed by atoms with Gasteiger partial charge in [0.25, 0.3) is 0 Å². The molecule has 0 radical (unpaired) electrons. The molecule has 1 aliphatic carbocycles. The topological polar surface area (TPSA) is 94.8 Å². The molecular weight excluding hydrogens is 564 g/mol. The van der Waals surface area contributed by atoms with Crippen LogP contribution < -0.4 is 9.64 Å². The molecule has 0 amide bonds. The van der Waals surface area contributed by atoms with Gasteiger partial charge in [-0.1, -0.05) is 18.1 Å². The lowest BCUT2D eigenvalue weighted by Gasteiger charge is -2.34. The third kappa shape index (κ3) is 4.36. The van der Waals surface area contributed by atoms with Gasteiger partial charge in [-0.3, -0.25) is 9.88 Å². The Balaban J connectivity index is 1.27. The Morgan fingerprint density at radius 3 is 2.89 bits per heavy atom. The fraction of sp³-hybridized carbons (Fsp3) is 0.441. The Bertz CT molecular complexity index is 1840. The third-order valence-electron chi connectivity index (χ3n) is 10.2. The highest BCUT2D eigenvalue weighted by molar-refractivity contribution is 6.02. The lowest BCUT2D eigenvalue weighted by molar-refractivity contribution is 0.107. The van der Waals surface area contributed by atoms with Crippen molar-refractivity contribution in [3.63, 3.8) is 0 Å². The molecular formula is C34H33F2N5O3. The van der Waals surface area contributed by atoms with E-state index in [-0.39, 0.29) is 41.6 Å². The van der Waals surface area contributed by atoms with Gasteiger partial charge in [-0.2, -0.15) is 9.97 Å². The maximum absolute atomic E-state index is 16.8. The van der Waals surface area contributed by atoms with E-state index in [1.165, 1.54) is 6.07 Å². The number of aromatic hydroxyl groups is 1. The number of rotatable bonds is 5. The van der Waals surface area contributed by atoms with Crippen LogP contribution in [0.4, 0.5) is 14.6 Å². The Hall–Kier alpha value is -4.07. The van der Waals surface area contributed by atoms with Crippen molar-refractivity contribution in [3.05, 3.63) is 47.9 Å². The largest absolute Gasteiger partial charge is 0.508 e. The molecule has 10 heteroatoms. The predicted molar refractivity (Wildman–Crippen MR) is 163 cm³/mol. The fourth-order valence-corrected chi connectivity index (χ4v) is 8.28. The number of benzene rings is 2. The molecule has 4 aromatic rings. The lowest BCUT2D eigenvalue weighted by atomic mass is 9.95. The summed E-state index contributed by atoms with van der Waals surface area (Å²) in [6.45, 7) is 2.69. The fourth-order valence-electron chi connectivity index (χ4n) is 8.28. The standard InChI is InChI=1S/C34H33F2N5O3/c1-2-20-5-3-6-21-11-24(42)12-25(28(20)21)30-29(36)31-26(14-37-30)32(40-15-19-9-22(16-40)27(43)10-19)39-33(38-31)44-18-34-7-4-8-41(34)17-23(35)13-34/h1,3,5-6,11-12,14,19,22-23,27,42-43H,4,7-10,13,15-18H2/t19-,22-,23-,27-,34+/m1/s1. The third-order valence-corrected chi connectivity index (χ3v) is 10.2. The smallest absolute Gasteiger partial charge is 0.319 e. The van der Waals surface area contributed by atoms with Crippen LogP contribution in [-0.2, 0) is 0 Å². The molecule has 0 spiro atoms. The van der Waals surface area contributed by atoms with E-state index in [0.29, 0.717) is 65.1 Å². The minimum atomic E-state index is -0.904. The van der Waals surface area contributed by atoms with E-state index in [9.17, 15) is 14.6 Å². The molecule has 3 saturated heterocycles. The van der Waals surface area contributed by atoms with Gasteiger partial charge in [0.05, 0.1) is 17.0 Å². The minimum absolute atomic E-state index is 0.00228. The monoisotopic (exact) mass is 597 g/mol. The summed E-state index contributed by atoms with van der Waals surface area (Å²) in [5.41, 5.74) is 0.535. The average molecular weight is 598 g/mol. The molecule has 1 saturated carbocycles. The highest BCUT2D eigenvalue weighted by Gasteiger charge is 2.49. The molecule has 2 aromatic heterocycles. The van der Waals surface area contributed by atoms with Crippen molar-refractivity contribution in [1.29, 1.82) is 0 Å². The van der Waals surface area contributed by atoms with Gasteiger partial charge >= 0.3 is 6.01 Å². The number of hydrogen-bond acceptors (Lipinski definition) is 8. The summed E-state index contributed by atoms with van der Waals surface area (Å²) in [5, 5.41) is 22.8. The number of ether oxygens (including phenoxy) is 1. The van der Waals surface area contributed by atoms with Crippen LogP contribution in [-0.4, -0.2) is 80.7 Å². The molecule has 44 heavy (non-hydrogen) atoms. The maximum Gasteiger partial charge on any atom is 0.319 e. The van der Waals surface area contributed by atoms with E-state index in [4.69, 9.17) is 16.1 Å². The van der Waals surface area contributed by atoms with Crippen LogP contribution in [0.15, 0.2) is 36.5 Å².